The van der Waals surface area contributed by atoms with Gasteiger partial charge in [0, 0.05) is 0 Å². The molecule has 2 atom stereocenters. The van der Waals surface area contributed by atoms with Crippen LogP contribution in [0.4, 0.5) is 0 Å². The molecular weight excluding hydrogens is 366 g/mol. The molecule has 3 heteroatoms. The zero-order valence-corrected chi connectivity index (χ0v) is 17.3. The van der Waals surface area contributed by atoms with Crippen LogP contribution in [0.15, 0.2) is 12.1 Å². The zero-order valence-electron chi connectivity index (χ0n) is 13.3. The van der Waals surface area contributed by atoms with Gasteiger partial charge in [0.25, 0.3) is 0 Å². The van der Waals surface area contributed by atoms with Gasteiger partial charge < -0.3 is 24.8 Å². The Morgan fingerprint density at radius 2 is 1.75 bits per heavy atom. The van der Waals surface area contributed by atoms with Gasteiger partial charge in [0.1, 0.15) is 0 Å². The van der Waals surface area contributed by atoms with Crippen molar-refractivity contribution < 1.29 is 51.0 Å². The minimum absolute atomic E-state index is 0. The fourth-order valence-electron chi connectivity index (χ4n) is 3.33. The first-order valence-corrected chi connectivity index (χ1v) is 7.31. The molecule has 2 rings (SSSR count). The van der Waals surface area contributed by atoms with Crippen LogP contribution < -0.4 is 24.8 Å². The minimum Gasteiger partial charge on any atom is -1.00 e. The van der Waals surface area contributed by atoms with Crippen LogP contribution in [0.3, 0.4) is 0 Å². The van der Waals surface area contributed by atoms with E-state index in [-0.39, 0.29) is 51.0 Å². The Kier molecular flexibility index (Phi) is 11.3. The first kappa shape index (κ1) is 23.1. The van der Waals surface area contributed by atoms with E-state index in [4.69, 9.17) is 0 Å². The van der Waals surface area contributed by atoms with E-state index in [1.165, 1.54) is 19.3 Å². The van der Waals surface area contributed by atoms with Crippen LogP contribution in [0.5, 0.6) is 0 Å². The number of aryl methyl sites for hydroxylation is 1. The molecule has 0 saturated heterocycles. The number of fused-ring (bicyclic) bond motifs is 1. The maximum atomic E-state index is 2.48. The molecule has 0 saturated carbocycles. The molecule has 1 aromatic rings. The van der Waals surface area contributed by atoms with Crippen LogP contribution in [-0.4, -0.2) is 0 Å². The molecule has 20 heavy (non-hydrogen) atoms. The van der Waals surface area contributed by atoms with E-state index in [1.807, 2.05) is 0 Å². The molecule has 0 N–H and O–H groups in total. The van der Waals surface area contributed by atoms with Crippen molar-refractivity contribution in [2.45, 2.75) is 59.8 Å². The van der Waals surface area contributed by atoms with Crippen LogP contribution in [0.25, 0.3) is 0 Å². The van der Waals surface area contributed by atoms with Crippen molar-refractivity contribution in [2.75, 3.05) is 0 Å². The summed E-state index contributed by atoms with van der Waals surface area (Å²) in [6, 6.07) is 4.95. The molecule has 1 aliphatic rings. The molecule has 113 valence electrons. The Bertz CT molecular complexity index is 382. The third kappa shape index (κ3) is 4.93. The normalized spacial score (nSPS) is 20.8. The summed E-state index contributed by atoms with van der Waals surface area (Å²) in [5.74, 6) is 3.29. The van der Waals surface area contributed by atoms with Gasteiger partial charge in [0.05, 0.1) is 0 Å². The van der Waals surface area contributed by atoms with Crippen LogP contribution in [0, 0.1) is 17.8 Å². The maximum absolute atomic E-state index is 2.48. The number of hydrogen-bond donors (Lipinski definition) is 0. The van der Waals surface area contributed by atoms with E-state index < -0.39 is 0 Å². The van der Waals surface area contributed by atoms with Gasteiger partial charge in [-0.1, -0.05) is 59.3 Å². The first-order chi connectivity index (χ1) is 8.02. The van der Waals surface area contributed by atoms with Crippen molar-refractivity contribution >= 4 is 0 Å². The molecule has 0 aliphatic heterocycles. The van der Waals surface area contributed by atoms with Gasteiger partial charge in [0.15, 0.2) is 0 Å². The Hall–Kier alpha value is 0.813. The summed E-state index contributed by atoms with van der Waals surface area (Å²) in [7, 11) is 0. The second-order valence-corrected chi connectivity index (χ2v) is 6.49. The van der Waals surface area contributed by atoms with Crippen molar-refractivity contribution in [2.24, 2.45) is 17.8 Å². The predicted molar refractivity (Wildman–Crippen MR) is 75.6 cm³/mol. The molecule has 0 amide bonds. The second kappa shape index (κ2) is 9.75. The first-order valence-electron chi connectivity index (χ1n) is 7.31. The summed E-state index contributed by atoms with van der Waals surface area (Å²) in [6.45, 7) is 11.8. The summed E-state index contributed by atoms with van der Waals surface area (Å²) < 4.78 is 0. The Balaban J connectivity index is 0. The van der Waals surface area contributed by atoms with E-state index >= 15 is 0 Å². The average Bonchev–Trinajstić information content (AvgIpc) is 2.69. The number of rotatable bonds is 3. The molecule has 1 aliphatic carbocycles. The van der Waals surface area contributed by atoms with Crippen molar-refractivity contribution in [1.29, 1.82) is 0 Å². The molecule has 0 fully saturated rings. The van der Waals surface area contributed by atoms with Gasteiger partial charge in [-0.2, -0.15) is 22.8 Å². The summed E-state index contributed by atoms with van der Waals surface area (Å²) >= 11 is 0. The van der Waals surface area contributed by atoms with Crippen LogP contribution in [0.2, 0.25) is 0 Å². The van der Waals surface area contributed by atoms with Crippen molar-refractivity contribution in [1.82, 2.24) is 0 Å². The smallest absolute Gasteiger partial charge is 1.00 e. The van der Waals surface area contributed by atoms with E-state index in [9.17, 15) is 0 Å². The SMILES string of the molecule is CCc1cc2c([cH-]1)CC(C(C)C)CC2C(C)C.[Cl-].[Cl-].[Zr+3]. The van der Waals surface area contributed by atoms with Crippen molar-refractivity contribution in [3.63, 3.8) is 0 Å². The number of hydrogen-bond acceptors (Lipinski definition) is 0. The van der Waals surface area contributed by atoms with Gasteiger partial charge >= 0.3 is 26.2 Å². The third-order valence-electron chi connectivity index (χ3n) is 4.67. The summed E-state index contributed by atoms with van der Waals surface area (Å²) in [4.78, 5) is 0. The maximum Gasteiger partial charge on any atom is 3.00 e. The zero-order chi connectivity index (χ0) is 12.6. The topological polar surface area (TPSA) is 0 Å². The largest absolute Gasteiger partial charge is 3.00 e. The van der Waals surface area contributed by atoms with E-state index in [1.54, 1.807) is 16.7 Å². The predicted octanol–water partition coefficient (Wildman–Crippen LogP) is -1.07. The van der Waals surface area contributed by atoms with Gasteiger partial charge in [0.2, 0.25) is 0 Å². The van der Waals surface area contributed by atoms with Gasteiger partial charge in [-0.3, -0.25) is 0 Å². The van der Waals surface area contributed by atoms with Crippen LogP contribution in [0.1, 0.15) is 63.6 Å². The summed E-state index contributed by atoms with van der Waals surface area (Å²) in [5.41, 5.74) is 4.88. The fourth-order valence-corrected chi connectivity index (χ4v) is 3.33. The average molecular weight is 394 g/mol. The molecule has 0 spiro atoms. The second-order valence-electron chi connectivity index (χ2n) is 6.49. The molecule has 0 bridgehead atoms. The number of halogens is 2. The van der Waals surface area contributed by atoms with Gasteiger partial charge in [-0.25, -0.2) is 6.07 Å². The summed E-state index contributed by atoms with van der Waals surface area (Å²) in [5, 5.41) is 0. The molecule has 1 aromatic carbocycles. The quantitative estimate of drug-likeness (QED) is 0.574. The fraction of sp³-hybridized carbons (Fsp3) is 0.706. The van der Waals surface area contributed by atoms with E-state index in [0.29, 0.717) is 0 Å². The van der Waals surface area contributed by atoms with E-state index in [2.05, 4.69) is 46.8 Å². The molecule has 0 nitrogen and oxygen atoms in total. The van der Waals surface area contributed by atoms with E-state index in [0.717, 1.165) is 23.7 Å². The monoisotopic (exact) mass is 391 g/mol. The Morgan fingerprint density at radius 3 is 2.20 bits per heavy atom. The minimum atomic E-state index is 0. The molecule has 2 unspecified atom stereocenters. The van der Waals surface area contributed by atoms with Gasteiger partial charge in [-0.15, -0.1) is 0 Å². The third-order valence-corrected chi connectivity index (χ3v) is 4.67. The molecular formula is C17H27Cl2Zr. The van der Waals surface area contributed by atoms with Crippen molar-refractivity contribution in [3.05, 3.63) is 28.8 Å². The standard InChI is InChI=1S/C17H27.2ClH.Zr/c1-6-13-7-15-9-14(11(2)3)10-16(12(4)5)17(15)8-13;;;/h7-8,11-12,14,16H,6,9-10H2,1-5H3;2*1H;/q-1;;;+3/p-2. The van der Waals surface area contributed by atoms with Crippen LogP contribution >= 0.6 is 0 Å². The molecule has 0 heterocycles. The molecule has 1 radical (unpaired) electrons. The molecule has 0 aromatic heterocycles. The Morgan fingerprint density at radius 1 is 1.15 bits per heavy atom. The summed E-state index contributed by atoms with van der Waals surface area (Å²) in [6.07, 6.45) is 3.90. The van der Waals surface area contributed by atoms with Crippen molar-refractivity contribution in [3.8, 4) is 0 Å². The van der Waals surface area contributed by atoms with Crippen LogP contribution in [-0.2, 0) is 39.0 Å². The van der Waals surface area contributed by atoms with Gasteiger partial charge in [-0.05, 0) is 18.3 Å². The Labute approximate surface area is 156 Å².